The molecule has 0 saturated heterocycles. The number of carbonyl (C=O) groups is 1. The predicted octanol–water partition coefficient (Wildman–Crippen LogP) is 5.24. The number of anilines is 1. The van der Waals surface area contributed by atoms with Crippen LogP contribution in [0.25, 0.3) is 0 Å². The molecular formula is C23H28N2O2S. The van der Waals surface area contributed by atoms with E-state index in [1.165, 1.54) is 24.0 Å². The van der Waals surface area contributed by atoms with Gasteiger partial charge >= 0.3 is 5.97 Å². The van der Waals surface area contributed by atoms with E-state index in [0.29, 0.717) is 17.3 Å². The summed E-state index contributed by atoms with van der Waals surface area (Å²) in [4.78, 5) is 11.9. The van der Waals surface area contributed by atoms with E-state index in [1.54, 1.807) is 13.0 Å². The first-order valence-electron chi connectivity index (χ1n) is 9.87. The first-order valence-corrected chi connectivity index (χ1v) is 10.3. The van der Waals surface area contributed by atoms with Crippen molar-refractivity contribution < 1.29 is 9.53 Å². The maximum absolute atomic E-state index is 11.9. The minimum atomic E-state index is -0.304. The van der Waals surface area contributed by atoms with Gasteiger partial charge in [0.15, 0.2) is 5.11 Å². The molecule has 0 unspecified atom stereocenters. The van der Waals surface area contributed by atoms with E-state index in [2.05, 4.69) is 41.8 Å². The number of hydrogen-bond acceptors (Lipinski definition) is 3. The molecule has 0 atom stereocenters. The molecule has 2 N–H and O–H groups in total. The van der Waals surface area contributed by atoms with Crippen molar-refractivity contribution in [2.24, 2.45) is 0 Å². The Kier molecular flexibility index (Phi) is 6.35. The Morgan fingerprint density at radius 3 is 2.39 bits per heavy atom. The topological polar surface area (TPSA) is 50.4 Å². The van der Waals surface area contributed by atoms with Crippen LogP contribution in [0.2, 0.25) is 0 Å². The van der Waals surface area contributed by atoms with Crippen LogP contribution in [0.4, 0.5) is 5.69 Å². The summed E-state index contributed by atoms with van der Waals surface area (Å²) in [7, 11) is 0. The van der Waals surface area contributed by atoms with Gasteiger partial charge in [-0.05, 0) is 75.2 Å². The molecule has 0 aromatic heterocycles. The molecule has 1 aliphatic rings. The molecule has 5 heteroatoms. The smallest absolute Gasteiger partial charge is 0.338 e. The summed E-state index contributed by atoms with van der Waals surface area (Å²) in [5.41, 5.74) is 4.82. The van der Waals surface area contributed by atoms with Gasteiger partial charge < -0.3 is 15.4 Å². The standard InChI is InChI=1S/C23H28N2O2S/c1-4-27-21(26)18-9-12-20(17(3)15-18)24-22(28)25-23(13-5-6-14-23)19-10-7-16(2)8-11-19/h7-12,15H,4-6,13-14H2,1-3H3,(H2,24,25,28). The summed E-state index contributed by atoms with van der Waals surface area (Å²) in [6, 6.07) is 14.2. The summed E-state index contributed by atoms with van der Waals surface area (Å²) in [5.74, 6) is -0.304. The quantitative estimate of drug-likeness (QED) is 0.535. The minimum Gasteiger partial charge on any atom is -0.462 e. The number of carbonyl (C=O) groups excluding carboxylic acids is 1. The summed E-state index contributed by atoms with van der Waals surface area (Å²) in [6.45, 7) is 6.23. The van der Waals surface area contributed by atoms with Crippen molar-refractivity contribution in [1.82, 2.24) is 5.32 Å². The van der Waals surface area contributed by atoms with Crippen LogP contribution in [0.3, 0.4) is 0 Å². The number of ether oxygens (including phenoxy) is 1. The average molecular weight is 397 g/mol. The van der Waals surface area contributed by atoms with Crippen LogP contribution in [-0.4, -0.2) is 17.7 Å². The molecule has 0 heterocycles. The molecule has 1 fully saturated rings. The largest absolute Gasteiger partial charge is 0.462 e. The molecule has 0 aliphatic heterocycles. The fourth-order valence-corrected chi connectivity index (χ4v) is 4.16. The lowest BCUT2D eigenvalue weighted by molar-refractivity contribution is 0.0526. The highest BCUT2D eigenvalue weighted by Gasteiger charge is 2.36. The SMILES string of the molecule is CCOC(=O)c1ccc(NC(=S)NC2(c3ccc(C)cc3)CCCC2)c(C)c1. The van der Waals surface area contributed by atoms with Gasteiger partial charge in [0.05, 0.1) is 17.7 Å². The molecule has 0 bridgehead atoms. The highest BCUT2D eigenvalue weighted by Crippen LogP contribution is 2.39. The van der Waals surface area contributed by atoms with Gasteiger partial charge in [-0.2, -0.15) is 0 Å². The van der Waals surface area contributed by atoms with E-state index in [1.807, 2.05) is 19.1 Å². The number of hydrogen-bond donors (Lipinski definition) is 2. The van der Waals surface area contributed by atoms with Crippen LogP contribution in [0, 0.1) is 13.8 Å². The molecule has 28 heavy (non-hydrogen) atoms. The Labute approximate surface area is 172 Å². The molecule has 1 aliphatic carbocycles. The Bertz CT molecular complexity index is 855. The summed E-state index contributed by atoms with van der Waals surface area (Å²) in [5, 5.41) is 7.51. The van der Waals surface area contributed by atoms with Crippen LogP contribution in [0.5, 0.6) is 0 Å². The third-order valence-corrected chi connectivity index (χ3v) is 5.60. The van der Waals surface area contributed by atoms with E-state index in [0.717, 1.165) is 24.1 Å². The van der Waals surface area contributed by atoms with Crippen LogP contribution < -0.4 is 10.6 Å². The number of rotatable bonds is 5. The van der Waals surface area contributed by atoms with Gasteiger partial charge in [0.1, 0.15) is 0 Å². The van der Waals surface area contributed by atoms with Crippen molar-refractivity contribution in [2.45, 2.75) is 52.0 Å². The predicted molar refractivity (Wildman–Crippen MR) is 118 cm³/mol. The molecule has 148 valence electrons. The van der Waals surface area contributed by atoms with E-state index >= 15 is 0 Å². The zero-order valence-electron chi connectivity index (χ0n) is 16.8. The van der Waals surface area contributed by atoms with Crippen molar-refractivity contribution >= 4 is 29.0 Å². The molecular weight excluding hydrogens is 368 g/mol. The van der Waals surface area contributed by atoms with Gasteiger partial charge in [-0.3, -0.25) is 0 Å². The van der Waals surface area contributed by atoms with Gasteiger partial charge in [0, 0.05) is 5.69 Å². The summed E-state index contributed by atoms with van der Waals surface area (Å²) in [6.07, 6.45) is 4.52. The van der Waals surface area contributed by atoms with E-state index in [9.17, 15) is 4.79 Å². The van der Waals surface area contributed by atoms with Crippen molar-refractivity contribution in [3.8, 4) is 0 Å². The van der Waals surface area contributed by atoms with Gasteiger partial charge in [-0.25, -0.2) is 4.79 Å². The van der Waals surface area contributed by atoms with E-state index in [4.69, 9.17) is 17.0 Å². The molecule has 0 amide bonds. The van der Waals surface area contributed by atoms with Gasteiger partial charge in [-0.1, -0.05) is 42.7 Å². The second-order valence-corrected chi connectivity index (χ2v) is 7.89. The fourth-order valence-electron chi connectivity index (χ4n) is 3.85. The summed E-state index contributed by atoms with van der Waals surface area (Å²) >= 11 is 5.64. The lowest BCUT2D eigenvalue weighted by Crippen LogP contribution is -2.45. The number of nitrogens with one attached hydrogen (secondary N) is 2. The second-order valence-electron chi connectivity index (χ2n) is 7.48. The Balaban J connectivity index is 1.73. The lowest BCUT2D eigenvalue weighted by atomic mass is 9.88. The van der Waals surface area contributed by atoms with Gasteiger partial charge in [0.2, 0.25) is 0 Å². The summed E-state index contributed by atoms with van der Waals surface area (Å²) < 4.78 is 5.07. The number of benzene rings is 2. The lowest BCUT2D eigenvalue weighted by Gasteiger charge is -2.33. The molecule has 4 nitrogen and oxygen atoms in total. The minimum absolute atomic E-state index is 0.115. The maximum atomic E-state index is 11.9. The Hall–Kier alpha value is -2.40. The second kappa shape index (κ2) is 8.74. The highest BCUT2D eigenvalue weighted by atomic mass is 32.1. The zero-order valence-corrected chi connectivity index (χ0v) is 17.6. The molecule has 0 radical (unpaired) electrons. The average Bonchev–Trinajstić information content (AvgIpc) is 3.13. The Morgan fingerprint density at radius 2 is 1.79 bits per heavy atom. The Morgan fingerprint density at radius 1 is 1.11 bits per heavy atom. The van der Waals surface area contributed by atoms with E-state index < -0.39 is 0 Å². The molecule has 2 aromatic carbocycles. The normalized spacial score (nSPS) is 15.1. The number of thiocarbonyl (C=S) groups is 1. The fraction of sp³-hybridized carbons (Fsp3) is 0.391. The molecule has 3 rings (SSSR count). The van der Waals surface area contributed by atoms with Crippen molar-refractivity contribution in [3.63, 3.8) is 0 Å². The molecule has 2 aromatic rings. The number of esters is 1. The first-order chi connectivity index (χ1) is 13.4. The monoisotopic (exact) mass is 396 g/mol. The zero-order chi connectivity index (χ0) is 20.1. The van der Waals surface area contributed by atoms with Crippen molar-refractivity contribution in [1.29, 1.82) is 0 Å². The number of aryl methyl sites for hydroxylation is 2. The third kappa shape index (κ3) is 4.53. The molecule has 1 saturated carbocycles. The third-order valence-electron chi connectivity index (χ3n) is 5.40. The maximum Gasteiger partial charge on any atom is 0.338 e. The van der Waals surface area contributed by atoms with Crippen LogP contribution in [-0.2, 0) is 10.3 Å². The van der Waals surface area contributed by atoms with Crippen molar-refractivity contribution in [2.75, 3.05) is 11.9 Å². The van der Waals surface area contributed by atoms with Gasteiger partial charge in [0.25, 0.3) is 0 Å². The highest BCUT2D eigenvalue weighted by molar-refractivity contribution is 7.80. The van der Waals surface area contributed by atoms with Crippen LogP contribution in [0.15, 0.2) is 42.5 Å². The first kappa shape index (κ1) is 20.3. The van der Waals surface area contributed by atoms with Crippen LogP contribution in [0.1, 0.15) is 59.7 Å². The van der Waals surface area contributed by atoms with Gasteiger partial charge in [-0.15, -0.1) is 0 Å². The van der Waals surface area contributed by atoms with E-state index in [-0.39, 0.29) is 11.5 Å². The van der Waals surface area contributed by atoms with Crippen molar-refractivity contribution in [3.05, 3.63) is 64.7 Å². The molecule has 0 spiro atoms. The van der Waals surface area contributed by atoms with Crippen LogP contribution >= 0.6 is 12.2 Å².